The van der Waals surface area contributed by atoms with E-state index in [1.807, 2.05) is 30.3 Å². The number of carbonyl (C=O) groups is 3. The molecule has 0 radical (unpaired) electrons. The maximum atomic E-state index is 12.5. The molecular formula is C19H18N2O4. The SMILES string of the molecule is CN(Cc1ccccc1)C(=O)c1cccc(NC(=O)/C=C/C(=O)O)c1. The highest BCUT2D eigenvalue weighted by Gasteiger charge is 2.12. The fourth-order valence-corrected chi connectivity index (χ4v) is 2.21. The number of anilines is 1. The lowest BCUT2D eigenvalue weighted by Gasteiger charge is -2.17. The minimum atomic E-state index is -1.21. The Balaban J connectivity index is 2.05. The highest BCUT2D eigenvalue weighted by atomic mass is 16.4. The van der Waals surface area contributed by atoms with Crippen molar-refractivity contribution >= 4 is 23.5 Å². The molecule has 0 heterocycles. The van der Waals surface area contributed by atoms with Gasteiger partial charge < -0.3 is 15.3 Å². The van der Waals surface area contributed by atoms with Crippen LogP contribution in [0.1, 0.15) is 15.9 Å². The van der Waals surface area contributed by atoms with E-state index in [9.17, 15) is 14.4 Å². The number of rotatable bonds is 6. The lowest BCUT2D eigenvalue weighted by molar-refractivity contribution is -0.131. The van der Waals surface area contributed by atoms with Crippen molar-refractivity contribution in [1.29, 1.82) is 0 Å². The van der Waals surface area contributed by atoms with Gasteiger partial charge in [0.05, 0.1) is 0 Å². The molecule has 2 rings (SSSR count). The van der Waals surface area contributed by atoms with Crippen molar-refractivity contribution in [2.45, 2.75) is 6.54 Å². The number of carbonyl (C=O) groups excluding carboxylic acids is 2. The Kier molecular flexibility index (Phi) is 6.06. The standard InChI is InChI=1S/C19H18N2O4/c1-21(13-14-6-3-2-4-7-14)19(25)15-8-5-9-16(12-15)20-17(22)10-11-18(23)24/h2-12H,13H2,1H3,(H,20,22)(H,23,24)/b11-10+. The summed E-state index contributed by atoms with van der Waals surface area (Å²) in [5.74, 6) is -1.97. The molecule has 0 atom stereocenters. The Morgan fingerprint density at radius 2 is 1.76 bits per heavy atom. The van der Waals surface area contributed by atoms with Crippen LogP contribution in [0.5, 0.6) is 0 Å². The van der Waals surface area contributed by atoms with Crippen LogP contribution in [-0.4, -0.2) is 34.8 Å². The van der Waals surface area contributed by atoms with E-state index < -0.39 is 11.9 Å². The van der Waals surface area contributed by atoms with Gasteiger partial charge in [-0.25, -0.2) is 4.79 Å². The minimum absolute atomic E-state index is 0.180. The monoisotopic (exact) mass is 338 g/mol. The lowest BCUT2D eigenvalue weighted by Crippen LogP contribution is -2.26. The van der Waals surface area contributed by atoms with Crippen molar-refractivity contribution in [3.05, 3.63) is 77.9 Å². The van der Waals surface area contributed by atoms with Gasteiger partial charge in [0.2, 0.25) is 5.91 Å². The van der Waals surface area contributed by atoms with Gasteiger partial charge in [-0.05, 0) is 23.8 Å². The zero-order valence-electron chi connectivity index (χ0n) is 13.7. The van der Waals surface area contributed by atoms with Gasteiger partial charge in [-0.2, -0.15) is 0 Å². The molecule has 0 bridgehead atoms. The molecule has 128 valence electrons. The Labute approximate surface area is 145 Å². The van der Waals surface area contributed by atoms with E-state index in [0.29, 0.717) is 17.8 Å². The second kappa shape index (κ2) is 8.44. The van der Waals surface area contributed by atoms with E-state index in [2.05, 4.69) is 5.32 Å². The lowest BCUT2D eigenvalue weighted by atomic mass is 10.1. The van der Waals surface area contributed by atoms with Crippen LogP contribution in [0, 0.1) is 0 Å². The average molecular weight is 338 g/mol. The number of carboxylic acid groups (broad SMARTS) is 1. The molecule has 0 fully saturated rings. The minimum Gasteiger partial charge on any atom is -0.478 e. The molecule has 25 heavy (non-hydrogen) atoms. The van der Waals surface area contributed by atoms with Crippen LogP contribution < -0.4 is 5.32 Å². The molecule has 0 unspecified atom stereocenters. The van der Waals surface area contributed by atoms with Crippen molar-refractivity contribution in [2.75, 3.05) is 12.4 Å². The van der Waals surface area contributed by atoms with Crippen LogP contribution in [0.2, 0.25) is 0 Å². The van der Waals surface area contributed by atoms with E-state index in [1.165, 1.54) is 0 Å². The number of carboxylic acids is 1. The molecule has 6 heteroatoms. The summed E-state index contributed by atoms with van der Waals surface area (Å²) in [6.07, 6.45) is 1.66. The summed E-state index contributed by atoms with van der Waals surface area (Å²) in [7, 11) is 1.70. The number of benzene rings is 2. The molecule has 2 aromatic carbocycles. The zero-order valence-corrected chi connectivity index (χ0v) is 13.7. The van der Waals surface area contributed by atoms with Crippen molar-refractivity contribution < 1.29 is 19.5 Å². The van der Waals surface area contributed by atoms with Gasteiger partial charge in [0.15, 0.2) is 0 Å². The number of nitrogens with zero attached hydrogens (tertiary/aromatic N) is 1. The Bertz CT molecular complexity index is 800. The average Bonchev–Trinajstić information content (AvgIpc) is 2.60. The predicted octanol–water partition coefficient (Wildman–Crippen LogP) is 2.54. The summed E-state index contributed by atoms with van der Waals surface area (Å²) in [5.41, 5.74) is 1.86. The van der Waals surface area contributed by atoms with Gasteiger partial charge in [0.1, 0.15) is 0 Å². The van der Waals surface area contributed by atoms with E-state index in [4.69, 9.17) is 5.11 Å². The van der Waals surface area contributed by atoms with Crippen LogP contribution in [0.3, 0.4) is 0 Å². The summed E-state index contributed by atoms with van der Waals surface area (Å²) >= 11 is 0. The quantitative estimate of drug-likeness (QED) is 0.793. The van der Waals surface area contributed by atoms with Gasteiger partial charge in [0, 0.05) is 37.0 Å². The third kappa shape index (κ3) is 5.62. The van der Waals surface area contributed by atoms with Gasteiger partial charge in [-0.15, -0.1) is 0 Å². The molecule has 0 aromatic heterocycles. The van der Waals surface area contributed by atoms with Gasteiger partial charge in [-0.3, -0.25) is 9.59 Å². The Hall–Kier alpha value is -3.41. The first kappa shape index (κ1) is 17.9. The fourth-order valence-electron chi connectivity index (χ4n) is 2.21. The molecule has 2 N–H and O–H groups in total. The first-order chi connectivity index (χ1) is 12.0. The summed E-state index contributed by atoms with van der Waals surface area (Å²) in [6, 6.07) is 16.1. The summed E-state index contributed by atoms with van der Waals surface area (Å²) in [6.45, 7) is 0.470. The number of amides is 2. The second-order valence-electron chi connectivity index (χ2n) is 5.39. The maximum Gasteiger partial charge on any atom is 0.328 e. The summed E-state index contributed by atoms with van der Waals surface area (Å²) in [5, 5.41) is 11.0. The van der Waals surface area contributed by atoms with Gasteiger partial charge >= 0.3 is 5.97 Å². The fraction of sp³-hybridized carbons (Fsp3) is 0.105. The van der Waals surface area contributed by atoms with Crippen molar-refractivity contribution in [3.8, 4) is 0 Å². The van der Waals surface area contributed by atoms with E-state index in [1.54, 1.807) is 36.2 Å². The third-order valence-corrected chi connectivity index (χ3v) is 3.36. The van der Waals surface area contributed by atoms with Crippen LogP contribution >= 0.6 is 0 Å². The largest absolute Gasteiger partial charge is 0.478 e. The molecular weight excluding hydrogens is 320 g/mol. The second-order valence-corrected chi connectivity index (χ2v) is 5.39. The summed E-state index contributed by atoms with van der Waals surface area (Å²) in [4.78, 5) is 36.1. The van der Waals surface area contributed by atoms with Crippen LogP contribution in [0.25, 0.3) is 0 Å². The molecule has 0 spiro atoms. The van der Waals surface area contributed by atoms with E-state index in [-0.39, 0.29) is 5.91 Å². The van der Waals surface area contributed by atoms with Crippen molar-refractivity contribution in [1.82, 2.24) is 4.90 Å². The van der Waals surface area contributed by atoms with E-state index in [0.717, 1.165) is 17.7 Å². The highest BCUT2D eigenvalue weighted by molar-refractivity contribution is 6.03. The molecule has 0 aliphatic carbocycles. The molecule has 0 saturated carbocycles. The number of hydrogen-bond donors (Lipinski definition) is 2. The van der Waals surface area contributed by atoms with Crippen LogP contribution in [-0.2, 0) is 16.1 Å². The van der Waals surface area contributed by atoms with E-state index >= 15 is 0 Å². The molecule has 2 amide bonds. The normalized spacial score (nSPS) is 10.4. The highest BCUT2D eigenvalue weighted by Crippen LogP contribution is 2.14. The number of aliphatic carboxylic acids is 1. The molecule has 6 nitrogen and oxygen atoms in total. The first-order valence-corrected chi connectivity index (χ1v) is 7.57. The summed E-state index contributed by atoms with van der Waals surface area (Å²) < 4.78 is 0. The predicted molar refractivity (Wildman–Crippen MR) is 94.1 cm³/mol. The smallest absolute Gasteiger partial charge is 0.328 e. The van der Waals surface area contributed by atoms with Crippen LogP contribution in [0.4, 0.5) is 5.69 Å². The zero-order chi connectivity index (χ0) is 18.2. The van der Waals surface area contributed by atoms with Crippen molar-refractivity contribution in [2.24, 2.45) is 0 Å². The first-order valence-electron chi connectivity index (χ1n) is 7.57. The topological polar surface area (TPSA) is 86.7 Å². The van der Waals surface area contributed by atoms with Gasteiger partial charge in [0.25, 0.3) is 5.91 Å². The Morgan fingerprint density at radius 3 is 2.44 bits per heavy atom. The maximum absolute atomic E-state index is 12.5. The Morgan fingerprint density at radius 1 is 1.04 bits per heavy atom. The number of nitrogens with one attached hydrogen (secondary N) is 1. The number of hydrogen-bond acceptors (Lipinski definition) is 3. The third-order valence-electron chi connectivity index (χ3n) is 3.36. The van der Waals surface area contributed by atoms with Crippen molar-refractivity contribution in [3.63, 3.8) is 0 Å². The molecule has 0 aliphatic heterocycles. The molecule has 0 aliphatic rings. The molecule has 0 saturated heterocycles. The molecule has 2 aromatic rings. The van der Waals surface area contributed by atoms with Gasteiger partial charge in [-0.1, -0.05) is 36.4 Å². The van der Waals surface area contributed by atoms with Crippen LogP contribution in [0.15, 0.2) is 66.7 Å².